The van der Waals surface area contributed by atoms with Crippen molar-refractivity contribution in [2.45, 2.75) is 74.2 Å². The van der Waals surface area contributed by atoms with Crippen LogP contribution in [-0.4, -0.2) is 58.6 Å². The second kappa shape index (κ2) is 22.4. The molecule has 64 heavy (non-hydrogen) atoms. The fraction of sp³-hybridized carbons (Fsp3) is 0.321. The van der Waals surface area contributed by atoms with E-state index >= 15 is 0 Å². The average Bonchev–Trinajstić information content (AvgIpc) is 3.81. The molecule has 0 fully saturated rings. The van der Waals surface area contributed by atoms with Crippen molar-refractivity contribution in [2.75, 3.05) is 56.7 Å². The molecule has 2 aliphatic rings. The molecule has 4 heterocycles. The Bertz CT molecular complexity index is 2660. The highest BCUT2D eigenvalue weighted by atomic mass is 32.2. The Labute approximate surface area is 386 Å². The Morgan fingerprint density at radius 3 is 1.73 bits per heavy atom. The lowest BCUT2D eigenvalue weighted by molar-refractivity contribution is -0.672. The van der Waals surface area contributed by atoms with Gasteiger partial charge in [-0.2, -0.15) is 9.13 Å². The van der Waals surface area contributed by atoms with E-state index in [0.717, 1.165) is 51.6 Å². The molecule has 330 valence electrons. The van der Waals surface area contributed by atoms with Gasteiger partial charge in [-0.1, -0.05) is 78.6 Å². The molecule has 0 saturated heterocycles. The number of aryl methyl sites for hydroxylation is 2. The van der Waals surface area contributed by atoms with Crippen LogP contribution in [0.3, 0.4) is 0 Å². The van der Waals surface area contributed by atoms with Crippen molar-refractivity contribution in [3.63, 3.8) is 0 Å². The van der Waals surface area contributed by atoms with Gasteiger partial charge in [0.15, 0.2) is 12.4 Å². The van der Waals surface area contributed by atoms with Gasteiger partial charge in [0.25, 0.3) is 0 Å². The van der Waals surface area contributed by atoms with Crippen LogP contribution in [0.1, 0.15) is 62.5 Å². The van der Waals surface area contributed by atoms with Crippen molar-refractivity contribution in [1.82, 2.24) is 0 Å². The number of pyridine rings is 2. The third-order valence-corrected chi connectivity index (χ3v) is 14.2. The van der Waals surface area contributed by atoms with Crippen molar-refractivity contribution < 1.29 is 23.8 Å². The molecular weight excluding hydrogens is 833 g/mol. The lowest BCUT2D eigenvalue weighted by Crippen LogP contribution is -2.34. The van der Waals surface area contributed by atoms with Crippen LogP contribution in [0.2, 0.25) is 0 Å². The van der Waals surface area contributed by atoms with Crippen LogP contribution in [0.15, 0.2) is 146 Å². The van der Waals surface area contributed by atoms with E-state index in [2.05, 4.69) is 177 Å². The van der Waals surface area contributed by atoms with Crippen LogP contribution in [-0.2, 0) is 22.6 Å². The van der Waals surface area contributed by atoms with Gasteiger partial charge in [0.05, 0.1) is 45.4 Å². The standard InChI is InChI=1S/C53H58N6O3S2/c1-56-47-22-11-13-24-49(47)63-52(56)37-40-27-33-58(45-20-9-7-18-43(40)45)31-15-3-5-17-42(60)39-54-29-35-62-36-30-55-51(61)26-6-4-16-32-59-34-28-41(44-19-8-10-21-46(44)59)38-53-57(2)48-23-12-14-25-50(48)64-53/h7-14,18-25,27-28,33-34,37-38H,3-6,15-17,26,29-32,35-36,39H2,1-2H3. The summed E-state index contributed by atoms with van der Waals surface area (Å²) in [5.74, 6) is 0.104. The number of fused-ring (bicyclic) bond motifs is 4. The zero-order chi connectivity index (χ0) is 44.1. The van der Waals surface area contributed by atoms with Crippen LogP contribution < -0.4 is 24.0 Å². The van der Waals surface area contributed by atoms with Crippen molar-refractivity contribution >= 4 is 80.5 Å². The van der Waals surface area contributed by atoms with E-state index in [9.17, 15) is 9.90 Å². The minimum absolute atomic E-state index is 0.0668. The predicted molar refractivity (Wildman–Crippen MR) is 264 cm³/mol. The van der Waals surface area contributed by atoms with Crippen molar-refractivity contribution in [3.05, 3.63) is 148 Å². The summed E-state index contributed by atoms with van der Waals surface area (Å²) in [6, 6.07) is 38.7. The molecule has 0 spiro atoms. The van der Waals surface area contributed by atoms with E-state index in [0.29, 0.717) is 39.1 Å². The highest BCUT2D eigenvalue weighted by Crippen LogP contribution is 2.46. The Hall–Kier alpha value is -5.46. The summed E-state index contributed by atoms with van der Waals surface area (Å²) in [4.78, 5) is 23.8. The first-order valence-electron chi connectivity index (χ1n) is 22.6. The molecule has 0 aliphatic carbocycles. The van der Waals surface area contributed by atoms with Crippen molar-refractivity contribution in [2.24, 2.45) is 4.99 Å². The second-order valence-electron chi connectivity index (χ2n) is 16.3. The molecule has 0 unspecified atom stereocenters. The molecule has 0 saturated carbocycles. The van der Waals surface area contributed by atoms with Gasteiger partial charge in [-0.05, 0) is 97.7 Å². The first-order valence-corrected chi connectivity index (χ1v) is 24.3. The third-order valence-electron chi connectivity index (χ3n) is 11.9. The number of aromatic nitrogens is 2. The van der Waals surface area contributed by atoms with E-state index < -0.39 is 0 Å². The number of hydrogen-bond acceptors (Lipinski definition) is 8. The van der Waals surface area contributed by atoms with Crippen LogP contribution >= 0.6 is 23.5 Å². The van der Waals surface area contributed by atoms with Crippen molar-refractivity contribution in [3.8, 4) is 0 Å². The smallest absolute Gasteiger partial charge is 0.213 e. The monoisotopic (exact) mass is 890 g/mol. The number of Topliss-reactive ketones (excluding diaryl/α,β-unsaturated/α-hetero) is 1. The molecule has 0 amide bonds. The summed E-state index contributed by atoms with van der Waals surface area (Å²) >= 11 is 3.62. The minimum Gasteiger partial charge on any atom is -0.862 e. The number of nitrogens with zero attached hydrogens (tertiary/aromatic N) is 6. The number of thioether (sulfide) groups is 2. The maximum Gasteiger partial charge on any atom is 0.213 e. The number of benzene rings is 4. The predicted octanol–water partition coefficient (Wildman–Crippen LogP) is 10.2. The molecule has 2 aliphatic heterocycles. The van der Waals surface area contributed by atoms with E-state index in [-0.39, 0.29) is 18.2 Å². The molecule has 2 aromatic heterocycles. The fourth-order valence-electron chi connectivity index (χ4n) is 8.36. The molecule has 0 radical (unpaired) electrons. The minimum atomic E-state index is -0.0668. The third kappa shape index (κ3) is 11.4. The summed E-state index contributed by atoms with van der Waals surface area (Å²) < 4.78 is 10.3. The van der Waals surface area contributed by atoms with Gasteiger partial charge in [-0.3, -0.25) is 0 Å². The first kappa shape index (κ1) is 45.1. The van der Waals surface area contributed by atoms with Gasteiger partial charge in [0, 0.05) is 74.0 Å². The summed E-state index contributed by atoms with van der Waals surface area (Å²) in [7, 11) is 4.26. The average molecular weight is 891 g/mol. The van der Waals surface area contributed by atoms with E-state index in [4.69, 9.17) is 4.74 Å². The number of aliphatic imine (C=N–C) groups is 1. The molecule has 11 heteroatoms. The lowest BCUT2D eigenvalue weighted by Gasteiger charge is -2.17. The normalized spacial score (nSPS) is 14.9. The quantitative estimate of drug-likeness (QED) is 0.0290. The van der Waals surface area contributed by atoms with E-state index in [1.54, 1.807) is 0 Å². The summed E-state index contributed by atoms with van der Waals surface area (Å²) in [6.07, 6.45) is 15.6. The number of unbranched alkanes of at least 4 members (excludes halogenated alkanes) is 4. The maximum atomic E-state index is 12.5. The van der Waals surface area contributed by atoms with Crippen LogP contribution in [0, 0.1) is 0 Å². The number of para-hydroxylation sites is 4. The van der Waals surface area contributed by atoms with Crippen LogP contribution in [0.25, 0.3) is 39.3 Å². The number of ketones is 1. The second-order valence-corrected chi connectivity index (χ2v) is 18.5. The molecule has 6 aromatic rings. The number of carbonyl (C=O) groups excluding carboxylic acids is 1. The number of hydrogen-bond donors (Lipinski definition) is 0. The van der Waals surface area contributed by atoms with Gasteiger partial charge in [0.1, 0.15) is 18.9 Å². The number of ether oxygens (including phenoxy) is 1. The topological polar surface area (TPSA) is 90.1 Å². The highest BCUT2D eigenvalue weighted by Gasteiger charge is 2.23. The van der Waals surface area contributed by atoms with Gasteiger partial charge in [0.2, 0.25) is 11.0 Å². The number of anilines is 2. The molecule has 9 nitrogen and oxygen atoms in total. The van der Waals surface area contributed by atoms with Crippen LogP contribution in [0.5, 0.6) is 0 Å². The zero-order valence-corrected chi connectivity index (χ0v) is 38.7. The Morgan fingerprint density at radius 1 is 0.656 bits per heavy atom. The summed E-state index contributed by atoms with van der Waals surface area (Å²) in [5, 5.41) is 21.7. The number of rotatable bonds is 22. The summed E-state index contributed by atoms with van der Waals surface area (Å²) in [5.41, 5.74) is 7.35. The molecular formula is C53H58N6O3S2. The molecule has 4 aromatic carbocycles. The lowest BCUT2D eigenvalue weighted by atomic mass is 10.1. The highest BCUT2D eigenvalue weighted by molar-refractivity contribution is 8.04. The Morgan fingerprint density at radius 2 is 1.17 bits per heavy atom. The van der Waals surface area contributed by atoms with Crippen LogP contribution in [0.4, 0.5) is 11.4 Å². The summed E-state index contributed by atoms with van der Waals surface area (Å²) in [6.45, 7) is 3.66. The Kier molecular flexibility index (Phi) is 15.8. The molecule has 0 N–H and O–H groups in total. The number of carbonyl (C=O) groups is 1. The van der Waals surface area contributed by atoms with Gasteiger partial charge < -0.3 is 34.7 Å². The van der Waals surface area contributed by atoms with Gasteiger partial charge in [-0.15, -0.1) is 6.54 Å². The van der Waals surface area contributed by atoms with E-state index in [1.165, 1.54) is 64.2 Å². The Balaban J connectivity index is 0.660. The van der Waals surface area contributed by atoms with Gasteiger partial charge in [-0.25, -0.2) is 0 Å². The maximum absolute atomic E-state index is 12.5. The SMILES string of the molecule is CN1/C(=C/c2cc[n+](CCCCCC([O-])=NCCOCC[N-]CC(=O)CCCCC[n+]3ccc(/C=C4/Sc5ccccc5N4C)c4ccccc43)c3ccccc23)Sc2ccccc21. The van der Waals surface area contributed by atoms with E-state index in [1.807, 2.05) is 23.5 Å². The zero-order valence-electron chi connectivity index (χ0n) is 37.0. The fourth-order valence-corrected chi connectivity index (χ4v) is 10.6. The van der Waals surface area contributed by atoms with Crippen molar-refractivity contribution in [1.29, 1.82) is 0 Å². The molecule has 8 rings (SSSR count). The molecule has 0 atom stereocenters. The first-order chi connectivity index (χ1) is 31.4. The van der Waals surface area contributed by atoms with Gasteiger partial charge >= 0.3 is 0 Å². The largest absolute Gasteiger partial charge is 0.862 e. The molecule has 0 bridgehead atoms.